The van der Waals surface area contributed by atoms with Crippen molar-refractivity contribution in [3.8, 4) is 23.0 Å². The molecule has 1 aliphatic heterocycles. The van der Waals surface area contributed by atoms with E-state index in [0.29, 0.717) is 40.0 Å². The Labute approximate surface area is 248 Å². The molecule has 0 saturated heterocycles. The molecule has 6 rings (SSSR count). The Balaban J connectivity index is 1.55. The van der Waals surface area contributed by atoms with E-state index in [2.05, 4.69) is 19.9 Å². The number of hydrogen-bond donors (Lipinski definition) is 1. The number of carbonyl (C=O) groups excluding carboxylic acids is 1. The molecule has 2 aliphatic rings. The second-order valence-electron chi connectivity index (χ2n) is 11.4. The second-order valence-corrected chi connectivity index (χ2v) is 12.6. The number of ketones is 1. The molecule has 0 saturated carbocycles. The Morgan fingerprint density at radius 1 is 1.10 bits per heavy atom. The average Bonchev–Trinajstić information content (AvgIpc) is 3.52. The minimum Gasteiger partial charge on any atom is -0.384 e. The van der Waals surface area contributed by atoms with E-state index in [9.17, 15) is 10.1 Å². The fraction of sp³-hybridized carbons (Fsp3) is 0.250. The summed E-state index contributed by atoms with van der Waals surface area (Å²) in [6.07, 6.45) is 0.942. The van der Waals surface area contributed by atoms with Gasteiger partial charge >= 0.3 is 0 Å². The number of carbonyl (C=O) groups is 1. The topological polar surface area (TPSA) is 101 Å². The van der Waals surface area contributed by atoms with Gasteiger partial charge < -0.3 is 5.73 Å². The van der Waals surface area contributed by atoms with Crippen LogP contribution in [0.5, 0.6) is 0 Å². The van der Waals surface area contributed by atoms with Crippen molar-refractivity contribution in [3.05, 3.63) is 105 Å². The van der Waals surface area contributed by atoms with Gasteiger partial charge in [-0.3, -0.25) is 9.69 Å². The molecule has 9 heteroatoms. The molecule has 0 amide bonds. The number of benzene rings is 2. The molecule has 1 aliphatic carbocycles. The van der Waals surface area contributed by atoms with Crippen molar-refractivity contribution in [2.24, 2.45) is 11.1 Å². The SMILES string of the molecule is Cc1ccc(-n2nc(C)c(C3C(C#N)=C(N)N(c4nc(-c5ccccc5)cs4)C4=C3C(=O)CC(C)(C)C4)c2Cl)cc1. The number of halogens is 1. The molecule has 2 aromatic heterocycles. The summed E-state index contributed by atoms with van der Waals surface area (Å²) < 4.78 is 1.66. The number of nitrogens with two attached hydrogens (primary N) is 1. The Kier molecular flexibility index (Phi) is 6.60. The van der Waals surface area contributed by atoms with E-state index in [0.717, 1.165) is 28.2 Å². The van der Waals surface area contributed by atoms with Crippen LogP contribution in [0.4, 0.5) is 5.13 Å². The highest BCUT2D eigenvalue weighted by Gasteiger charge is 2.47. The summed E-state index contributed by atoms with van der Waals surface area (Å²) in [6, 6.07) is 20.1. The normalized spacial score (nSPS) is 18.5. The lowest BCUT2D eigenvalue weighted by Crippen LogP contribution is -2.42. The highest BCUT2D eigenvalue weighted by molar-refractivity contribution is 7.14. The number of aromatic nitrogens is 3. The van der Waals surface area contributed by atoms with Crippen molar-refractivity contribution in [1.82, 2.24) is 14.8 Å². The van der Waals surface area contributed by atoms with Crippen molar-refractivity contribution in [2.75, 3.05) is 4.90 Å². The molecule has 0 fully saturated rings. The van der Waals surface area contributed by atoms with Crippen molar-refractivity contribution in [3.63, 3.8) is 0 Å². The summed E-state index contributed by atoms with van der Waals surface area (Å²) in [6.45, 7) is 8.02. The molecular weight excluding hydrogens is 552 g/mol. The largest absolute Gasteiger partial charge is 0.384 e. The van der Waals surface area contributed by atoms with Gasteiger partial charge in [0, 0.05) is 34.2 Å². The van der Waals surface area contributed by atoms with E-state index >= 15 is 0 Å². The zero-order valence-electron chi connectivity index (χ0n) is 23.3. The molecule has 0 radical (unpaired) electrons. The number of allylic oxidation sites excluding steroid dienone is 3. The molecule has 2 N–H and O–H groups in total. The minimum absolute atomic E-state index is 0.0232. The van der Waals surface area contributed by atoms with Crippen LogP contribution in [-0.4, -0.2) is 20.5 Å². The average molecular weight is 581 g/mol. The van der Waals surface area contributed by atoms with E-state index < -0.39 is 5.92 Å². The maximum absolute atomic E-state index is 14.0. The van der Waals surface area contributed by atoms with Gasteiger partial charge in [-0.15, -0.1) is 11.3 Å². The molecule has 1 atom stereocenters. The van der Waals surface area contributed by atoms with Gasteiger partial charge in [0.1, 0.15) is 11.0 Å². The van der Waals surface area contributed by atoms with Gasteiger partial charge in [-0.2, -0.15) is 10.4 Å². The maximum Gasteiger partial charge on any atom is 0.195 e. The quantitative estimate of drug-likeness (QED) is 0.274. The van der Waals surface area contributed by atoms with E-state index in [4.69, 9.17) is 27.4 Å². The Bertz CT molecular complexity index is 1790. The summed E-state index contributed by atoms with van der Waals surface area (Å²) in [7, 11) is 0. The van der Waals surface area contributed by atoms with E-state index in [-0.39, 0.29) is 22.6 Å². The zero-order chi connectivity index (χ0) is 29.1. The van der Waals surface area contributed by atoms with Crippen LogP contribution in [0.25, 0.3) is 16.9 Å². The predicted octanol–water partition coefficient (Wildman–Crippen LogP) is 7.21. The fourth-order valence-corrected chi connectivity index (χ4v) is 7.07. The van der Waals surface area contributed by atoms with Crippen LogP contribution in [0.1, 0.15) is 49.4 Å². The van der Waals surface area contributed by atoms with Crippen molar-refractivity contribution >= 4 is 33.9 Å². The zero-order valence-corrected chi connectivity index (χ0v) is 24.8. The van der Waals surface area contributed by atoms with Gasteiger partial charge in [-0.05, 0) is 37.8 Å². The van der Waals surface area contributed by atoms with Crippen LogP contribution in [0, 0.1) is 30.6 Å². The van der Waals surface area contributed by atoms with E-state index in [1.54, 1.807) is 4.68 Å². The van der Waals surface area contributed by atoms with Crippen LogP contribution < -0.4 is 10.6 Å². The first-order valence-electron chi connectivity index (χ1n) is 13.4. The lowest BCUT2D eigenvalue weighted by Gasteiger charge is -2.42. The molecule has 0 spiro atoms. The maximum atomic E-state index is 14.0. The van der Waals surface area contributed by atoms with Gasteiger partial charge in [0.2, 0.25) is 0 Å². The summed E-state index contributed by atoms with van der Waals surface area (Å²) in [5.74, 6) is -0.491. The van der Waals surface area contributed by atoms with Crippen LogP contribution in [0.15, 0.2) is 82.6 Å². The number of nitrogens with zero attached hydrogens (tertiary/aromatic N) is 5. The number of aryl methyl sites for hydroxylation is 2. The lowest BCUT2D eigenvalue weighted by atomic mass is 9.68. The fourth-order valence-electron chi connectivity index (χ4n) is 5.82. The first-order valence-corrected chi connectivity index (χ1v) is 14.6. The monoisotopic (exact) mass is 580 g/mol. The van der Waals surface area contributed by atoms with Crippen molar-refractivity contribution in [2.45, 2.75) is 46.5 Å². The highest BCUT2D eigenvalue weighted by atomic mass is 35.5. The number of rotatable bonds is 4. The molecule has 2 aromatic carbocycles. The molecule has 206 valence electrons. The predicted molar refractivity (Wildman–Crippen MR) is 163 cm³/mol. The third-order valence-electron chi connectivity index (χ3n) is 7.75. The molecule has 7 nitrogen and oxygen atoms in total. The molecular formula is C32H29ClN6OS. The first-order chi connectivity index (χ1) is 19.6. The summed E-state index contributed by atoms with van der Waals surface area (Å²) in [5, 5.41) is 18.2. The van der Waals surface area contributed by atoms with E-state index in [1.807, 2.05) is 78.7 Å². The van der Waals surface area contributed by atoms with E-state index in [1.165, 1.54) is 11.3 Å². The lowest BCUT2D eigenvalue weighted by molar-refractivity contribution is -0.118. The standard InChI is InChI=1S/C32H29ClN6OS/c1-18-10-12-21(13-11-18)39-29(33)26(19(2)37-39)27-22(16-34)30(35)38(24-14-32(3,4)15-25(40)28(24)27)31-36-23(17-41-31)20-8-6-5-7-9-20/h5-13,17,27H,14-15,35H2,1-4H3. The first kappa shape index (κ1) is 27.0. The van der Waals surface area contributed by atoms with Crippen LogP contribution in [0.2, 0.25) is 5.15 Å². The van der Waals surface area contributed by atoms with Crippen LogP contribution in [0.3, 0.4) is 0 Å². The van der Waals surface area contributed by atoms with Gasteiger partial charge in [-0.1, -0.05) is 73.5 Å². The summed E-state index contributed by atoms with van der Waals surface area (Å²) >= 11 is 8.47. The number of Topliss-reactive ketones (excluding diaryl/α,β-unsaturated/α-hetero) is 1. The Morgan fingerprint density at radius 3 is 2.49 bits per heavy atom. The molecule has 41 heavy (non-hydrogen) atoms. The molecule has 4 aromatic rings. The van der Waals surface area contributed by atoms with Gasteiger partial charge in [0.05, 0.1) is 34.6 Å². The van der Waals surface area contributed by atoms with Gasteiger partial charge in [0.25, 0.3) is 0 Å². The summed E-state index contributed by atoms with van der Waals surface area (Å²) in [4.78, 5) is 20.7. The van der Waals surface area contributed by atoms with Gasteiger partial charge in [-0.25, -0.2) is 9.67 Å². The third-order valence-corrected chi connectivity index (χ3v) is 8.94. The number of thiazole rings is 1. The molecule has 3 heterocycles. The Hall–Kier alpha value is -4.19. The number of nitriles is 1. The number of anilines is 1. The minimum atomic E-state index is -0.727. The summed E-state index contributed by atoms with van der Waals surface area (Å²) in [5.41, 5.74) is 13.1. The molecule has 0 bridgehead atoms. The van der Waals surface area contributed by atoms with Crippen molar-refractivity contribution in [1.29, 1.82) is 5.26 Å². The smallest absolute Gasteiger partial charge is 0.195 e. The van der Waals surface area contributed by atoms with Crippen LogP contribution in [-0.2, 0) is 4.79 Å². The molecule has 1 unspecified atom stereocenters. The van der Waals surface area contributed by atoms with Crippen molar-refractivity contribution < 1.29 is 4.79 Å². The van der Waals surface area contributed by atoms with Crippen LogP contribution >= 0.6 is 22.9 Å². The third kappa shape index (κ3) is 4.55. The number of hydrogen-bond acceptors (Lipinski definition) is 7. The second kappa shape index (κ2) is 10.0. The highest BCUT2D eigenvalue weighted by Crippen LogP contribution is 2.52. The van der Waals surface area contributed by atoms with Gasteiger partial charge in [0.15, 0.2) is 10.9 Å². The Morgan fingerprint density at radius 2 is 1.80 bits per heavy atom.